The van der Waals surface area contributed by atoms with E-state index in [1.165, 1.54) is 24.3 Å². The van der Waals surface area contributed by atoms with Crippen LogP contribution in [0.2, 0.25) is 5.02 Å². The van der Waals surface area contributed by atoms with E-state index in [0.29, 0.717) is 22.0 Å². The Morgan fingerprint density at radius 1 is 1.00 bits per heavy atom. The second-order valence-electron chi connectivity index (χ2n) is 6.42. The summed E-state index contributed by atoms with van der Waals surface area (Å²) in [4.78, 5) is 35.1. The first kappa shape index (κ1) is 21.0. The molecule has 152 valence electrons. The molecule has 0 aromatic heterocycles. The first-order valence-corrected chi connectivity index (χ1v) is 9.33. The van der Waals surface area contributed by atoms with Gasteiger partial charge in [0.25, 0.3) is 11.6 Å². The van der Waals surface area contributed by atoms with Crippen LogP contribution < -0.4 is 10.1 Å². The average Bonchev–Trinajstić information content (AvgIpc) is 2.73. The van der Waals surface area contributed by atoms with Gasteiger partial charge in [-0.2, -0.15) is 0 Å². The number of ether oxygens (including phenoxy) is 1. The molecule has 0 saturated heterocycles. The summed E-state index contributed by atoms with van der Waals surface area (Å²) >= 11 is 5.93. The molecular weight excluding hydrogens is 408 g/mol. The molecule has 30 heavy (non-hydrogen) atoms. The Morgan fingerprint density at radius 2 is 1.70 bits per heavy atom. The van der Waals surface area contributed by atoms with Crippen LogP contribution in [0, 0.1) is 10.1 Å². The number of rotatable bonds is 7. The van der Waals surface area contributed by atoms with E-state index in [2.05, 4.69) is 5.32 Å². The first-order valence-electron chi connectivity index (χ1n) is 8.96. The zero-order chi connectivity index (χ0) is 21.7. The van der Waals surface area contributed by atoms with Gasteiger partial charge in [-0.05, 0) is 43.3 Å². The number of amides is 1. The minimum absolute atomic E-state index is 0.0969. The molecular formula is C22H17ClN2O5. The lowest BCUT2D eigenvalue weighted by molar-refractivity contribution is -0.384. The van der Waals surface area contributed by atoms with Gasteiger partial charge in [0.15, 0.2) is 6.10 Å². The fraction of sp³-hybridized carbons (Fsp3) is 0.0909. The zero-order valence-corrected chi connectivity index (χ0v) is 16.6. The van der Waals surface area contributed by atoms with E-state index in [9.17, 15) is 19.7 Å². The monoisotopic (exact) mass is 424 g/mol. The minimum atomic E-state index is -0.760. The van der Waals surface area contributed by atoms with Crippen molar-refractivity contribution in [3.05, 3.63) is 99.1 Å². The lowest BCUT2D eigenvalue weighted by Gasteiger charge is -2.15. The van der Waals surface area contributed by atoms with Crippen molar-refractivity contribution < 1.29 is 19.2 Å². The van der Waals surface area contributed by atoms with Crippen LogP contribution in [0.25, 0.3) is 0 Å². The average molecular weight is 425 g/mol. The smallest absolute Gasteiger partial charge is 0.269 e. The van der Waals surface area contributed by atoms with Gasteiger partial charge in [-0.25, -0.2) is 0 Å². The van der Waals surface area contributed by atoms with Crippen molar-refractivity contribution in [3.8, 4) is 5.75 Å². The maximum atomic E-state index is 12.5. The molecule has 0 aliphatic heterocycles. The highest BCUT2D eigenvalue weighted by atomic mass is 35.5. The molecule has 3 aromatic carbocycles. The summed E-state index contributed by atoms with van der Waals surface area (Å²) in [6.07, 6.45) is -0.760. The maximum absolute atomic E-state index is 12.5. The van der Waals surface area contributed by atoms with Gasteiger partial charge in [-0.3, -0.25) is 19.7 Å². The summed E-state index contributed by atoms with van der Waals surface area (Å²) in [7, 11) is 0. The normalized spacial score (nSPS) is 11.4. The number of halogens is 1. The molecule has 3 aromatic rings. The number of Topliss-reactive ketones (excluding diaryl/α,β-unsaturated/α-hetero) is 1. The molecule has 0 fully saturated rings. The van der Waals surface area contributed by atoms with Crippen molar-refractivity contribution in [2.75, 3.05) is 5.32 Å². The van der Waals surface area contributed by atoms with E-state index in [0.717, 1.165) is 0 Å². The molecule has 0 heterocycles. The number of nitro groups is 1. The molecule has 0 radical (unpaired) electrons. The Kier molecular flexibility index (Phi) is 6.44. The summed E-state index contributed by atoms with van der Waals surface area (Å²) in [5.74, 6) is -0.248. The van der Waals surface area contributed by atoms with E-state index >= 15 is 0 Å². The summed E-state index contributed by atoms with van der Waals surface area (Å²) in [6, 6.07) is 18.5. The van der Waals surface area contributed by atoms with Crippen LogP contribution in [0.5, 0.6) is 5.75 Å². The number of ketones is 1. The molecule has 1 amide bonds. The van der Waals surface area contributed by atoms with Crippen LogP contribution in [-0.4, -0.2) is 22.7 Å². The number of anilines is 1. The Morgan fingerprint density at radius 3 is 2.37 bits per heavy atom. The maximum Gasteiger partial charge on any atom is 0.269 e. The van der Waals surface area contributed by atoms with E-state index < -0.39 is 16.9 Å². The van der Waals surface area contributed by atoms with Crippen LogP contribution in [0.1, 0.15) is 27.6 Å². The van der Waals surface area contributed by atoms with Gasteiger partial charge < -0.3 is 10.1 Å². The Hall–Kier alpha value is -3.71. The third-order valence-electron chi connectivity index (χ3n) is 4.22. The molecule has 8 heteroatoms. The lowest BCUT2D eigenvalue weighted by Crippen LogP contribution is -2.24. The SMILES string of the molecule is C[C@H](Oc1cccc(NC(=O)c2ccc([N+](=O)[O-])cc2)c1)C(=O)c1cccc(Cl)c1. The van der Waals surface area contributed by atoms with E-state index in [1.54, 1.807) is 55.5 Å². The van der Waals surface area contributed by atoms with Crippen LogP contribution >= 0.6 is 11.6 Å². The Labute approximate surface area is 177 Å². The molecule has 1 N–H and O–H groups in total. The number of hydrogen-bond acceptors (Lipinski definition) is 5. The molecule has 1 atom stereocenters. The number of benzene rings is 3. The number of non-ortho nitro benzene ring substituents is 1. The van der Waals surface area contributed by atoms with E-state index in [1.807, 2.05) is 0 Å². The number of carbonyl (C=O) groups excluding carboxylic acids is 2. The van der Waals surface area contributed by atoms with Crippen LogP contribution in [-0.2, 0) is 0 Å². The van der Waals surface area contributed by atoms with Crippen LogP contribution in [0.15, 0.2) is 72.8 Å². The number of nitrogens with zero attached hydrogens (tertiary/aromatic N) is 1. The molecule has 7 nitrogen and oxygen atoms in total. The van der Waals surface area contributed by atoms with Crippen LogP contribution in [0.4, 0.5) is 11.4 Å². The zero-order valence-electron chi connectivity index (χ0n) is 15.9. The molecule has 0 spiro atoms. The highest BCUT2D eigenvalue weighted by Gasteiger charge is 2.17. The predicted molar refractivity (Wildman–Crippen MR) is 113 cm³/mol. The molecule has 0 saturated carbocycles. The lowest BCUT2D eigenvalue weighted by atomic mass is 10.1. The minimum Gasteiger partial charge on any atom is -0.482 e. The van der Waals surface area contributed by atoms with Crippen molar-refractivity contribution in [3.63, 3.8) is 0 Å². The van der Waals surface area contributed by atoms with E-state index in [-0.39, 0.29) is 17.0 Å². The fourth-order valence-electron chi connectivity index (χ4n) is 2.72. The largest absolute Gasteiger partial charge is 0.482 e. The van der Waals surface area contributed by atoms with Gasteiger partial charge in [0.1, 0.15) is 5.75 Å². The summed E-state index contributed by atoms with van der Waals surface area (Å²) in [6.45, 7) is 1.63. The first-order chi connectivity index (χ1) is 14.3. The third kappa shape index (κ3) is 5.21. The second kappa shape index (κ2) is 9.19. The topological polar surface area (TPSA) is 98.5 Å². The van der Waals surface area contributed by atoms with Gasteiger partial charge in [-0.15, -0.1) is 0 Å². The summed E-state index contributed by atoms with van der Waals surface area (Å²) in [5.41, 5.74) is 1.08. The van der Waals surface area contributed by atoms with Crippen molar-refractivity contribution in [2.45, 2.75) is 13.0 Å². The Balaban J connectivity index is 1.67. The van der Waals surface area contributed by atoms with Crippen LogP contribution in [0.3, 0.4) is 0 Å². The number of carbonyl (C=O) groups is 2. The standard InChI is InChI=1S/C22H17ClN2O5/c1-14(21(26)16-4-2-5-17(23)12-16)30-20-7-3-6-18(13-20)24-22(27)15-8-10-19(11-9-15)25(28)29/h2-14H,1H3,(H,24,27)/t14-/m0/s1. The predicted octanol–water partition coefficient (Wildman–Crippen LogP) is 5.15. The fourth-order valence-corrected chi connectivity index (χ4v) is 2.91. The van der Waals surface area contributed by atoms with Gasteiger partial charge in [0.05, 0.1) is 4.92 Å². The third-order valence-corrected chi connectivity index (χ3v) is 4.46. The van der Waals surface area contributed by atoms with Gasteiger partial charge >= 0.3 is 0 Å². The van der Waals surface area contributed by atoms with Crippen molar-refractivity contribution in [1.29, 1.82) is 0 Å². The van der Waals surface area contributed by atoms with Crippen molar-refractivity contribution >= 4 is 34.7 Å². The molecule has 0 unspecified atom stereocenters. The highest BCUT2D eigenvalue weighted by Crippen LogP contribution is 2.21. The Bertz CT molecular complexity index is 1100. The van der Waals surface area contributed by atoms with E-state index in [4.69, 9.17) is 16.3 Å². The van der Waals surface area contributed by atoms with Gasteiger partial charge in [-0.1, -0.05) is 29.8 Å². The summed E-state index contributed by atoms with van der Waals surface area (Å²) < 4.78 is 5.72. The number of nitrogens with one attached hydrogen (secondary N) is 1. The van der Waals surface area contributed by atoms with Gasteiger partial charge in [0.2, 0.25) is 5.78 Å². The van der Waals surface area contributed by atoms with Crippen molar-refractivity contribution in [2.24, 2.45) is 0 Å². The molecule has 3 rings (SSSR count). The molecule has 0 aliphatic rings. The second-order valence-corrected chi connectivity index (χ2v) is 6.86. The quantitative estimate of drug-likeness (QED) is 0.321. The molecule has 0 bridgehead atoms. The van der Waals surface area contributed by atoms with Crippen molar-refractivity contribution in [1.82, 2.24) is 0 Å². The number of nitro benzene ring substituents is 1. The highest BCUT2D eigenvalue weighted by molar-refractivity contribution is 6.31. The van der Waals surface area contributed by atoms with Gasteiger partial charge in [0, 0.05) is 40.0 Å². The summed E-state index contributed by atoms with van der Waals surface area (Å²) in [5, 5.41) is 13.9. The molecule has 0 aliphatic carbocycles. The number of hydrogen-bond donors (Lipinski definition) is 1.